The number of rotatable bonds is 5. The van der Waals surface area contributed by atoms with Gasteiger partial charge in [0, 0.05) is 18.3 Å². The van der Waals surface area contributed by atoms with Crippen molar-refractivity contribution < 1.29 is 14.3 Å². The number of fused-ring (bicyclic) bond motifs is 5. The van der Waals surface area contributed by atoms with Crippen LogP contribution in [-0.4, -0.2) is 18.4 Å². The van der Waals surface area contributed by atoms with Gasteiger partial charge in [-0.05, 0) is 92.8 Å². The Labute approximate surface area is 177 Å². The summed E-state index contributed by atoms with van der Waals surface area (Å²) in [5.74, 6) is 4.13. The molecule has 3 heteroatoms. The van der Waals surface area contributed by atoms with E-state index in [1.54, 1.807) is 0 Å². The summed E-state index contributed by atoms with van der Waals surface area (Å²) in [6.07, 6.45) is 12.8. The summed E-state index contributed by atoms with van der Waals surface area (Å²) >= 11 is 0. The molecule has 0 spiro atoms. The first-order chi connectivity index (χ1) is 13.8. The number of esters is 1. The quantitative estimate of drug-likeness (QED) is 0.515. The highest BCUT2D eigenvalue weighted by Gasteiger charge is 2.63. The summed E-state index contributed by atoms with van der Waals surface area (Å²) in [4.78, 5) is 25.6. The minimum atomic E-state index is -0.160. The van der Waals surface area contributed by atoms with Gasteiger partial charge >= 0.3 is 5.97 Å². The fourth-order valence-electron chi connectivity index (χ4n) is 8.72. The van der Waals surface area contributed by atoms with Gasteiger partial charge in [-0.15, -0.1) is 0 Å². The van der Waals surface area contributed by atoms with Crippen LogP contribution in [0.1, 0.15) is 98.3 Å². The van der Waals surface area contributed by atoms with E-state index in [1.165, 1.54) is 51.4 Å². The topological polar surface area (TPSA) is 43.4 Å². The molecule has 0 N–H and O–H groups in total. The Kier molecular flexibility index (Phi) is 5.90. The monoisotopic (exact) mass is 402 g/mol. The molecule has 164 valence electrons. The lowest BCUT2D eigenvalue weighted by atomic mass is 9.44. The summed E-state index contributed by atoms with van der Waals surface area (Å²) in [6, 6.07) is 0. The Morgan fingerprint density at radius 2 is 1.90 bits per heavy atom. The van der Waals surface area contributed by atoms with Crippen LogP contribution in [0.4, 0.5) is 0 Å². The van der Waals surface area contributed by atoms with E-state index in [1.807, 2.05) is 6.92 Å². The fraction of sp³-hybridized carbons (Fsp3) is 0.923. The highest BCUT2D eigenvalue weighted by molar-refractivity contribution is 5.87. The van der Waals surface area contributed by atoms with E-state index in [9.17, 15) is 9.59 Å². The predicted octanol–water partition coefficient (Wildman–Crippen LogP) is 6.19. The Morgan fingerprint density at radius 1 is 1.10 bits per heavy atom. The maximum Gasteiger partial charge on any atom is 0.305 e. The molecule has 4 aliphatic rings. The molecule has 3 nitrogen and oxygen atoms in total. The lowest BCUT2D eigenvalue weighted by Gasteiger charge is -2.60. The molecule has 0 aromatic heterocycles. The minimum Gasteiger partial charge on any atom is -0.466 e. The molecule has 0 aliphatic heterocycles. The van der Waals surface area contributed by atoms with E-state index in [0.717, 1.165) is 24.7 Å². The zero-order valence-corrected chi connectivity index (χ0v) is 19.2. The van der Waals surface area contributed by atoms with E-state index in [0.29, 0.717) is 47.9 Å². The summed E-state index contributed by atoms with van der Waals surface area (Å²) in [5.41, 5.74) is 0.249. The molecule has 0 heterocycles. The maximum atomic E-state index is 13.7. The van der Waals surface area contributed by atoms with Crippen LogP contribution in [0.2, 0.25) is 0 Å². The number of hydrogen-bond donors (Lipinski definition) is 0. The van der Waals surface area contributed by atoms with Crippen LogP contribution in [0, 0.1) is 46.3 Å². The lowest BCUT2D eigenvalue weighted by molar-refractivity contribution is -0.157. The summed E-state index contributed by atoms with van der Waals surface area (Å²) in [5, 5.41) is 0. The second-order valence-corrected chi connectivity index (χ2v) is 11.3. The molecule has 0 radical (unpaired) electrons. The van der Waals surface area contributed by atoms with E-state index >= 15 is 0 Å². The van der Waals surface area contributed by atoms with Crippen molar-refractivity contribution in [2.24, 2.45) is 46.3 Å². The van der Waals surface area contributed by atoms with Gasteiger partial charge in [-0.2, -0.15) is 0 Å². The van der Waals surface area contributed by atoms with Gasteiger partial charge in [-0.25, -0.2) is 0 Å². The van der Waals surface area contributed by atoms with Crippen molar-refractivity contribution >= 4 is 11.8 Å². The number of ether oxygens (including phenoxy) is 1. The van der Waals surface area contributed by atoms with Crippen LogP contribution >= 0.6 is 0 Å². The summed E-state index contributed by atoms with van der Waals surface area (Å²) in [6.45, 7) is 9.44. The molecular formula is C26H42O3. The number of carbonyl (C=O) groups excluding carboxylic acids is 2. The Hall–Kier alpha value is -0.860. The standard InChI is InChI=1S/C26H42O3/c1-5-29-24(28)14-9-17(2)20-12-13-21-19-11-10-18-8-6-7-15-25(18,3)22(19)16-23(27)26(20,21)4/h17-22H,5-16H2,1-4H3/t17-,18+,19+,20-,21+,22+,25-,26+/m0/s1. The van der Waals surface area contributed by atoms with Crippen LogP contribution < -0.4 is 0 Å². The minimum absolute atomic E-state index is 0.0855. The van der Waals surface area contributed by atoms with Crippen molar-refractivity contribution in [3.63, 3.8) is 0 Å². The van der Waals surface area contributed by atoms with Crippen LogP contribution in [0.25, 0.3) is 0 Å². The normalized spacial score (nSPS) is 45.1. The molecule has 4 saturated carbocycles. The smallest absolute Gasteiger partial charge is 0.305 e. The number of ketones is 1. The van der Waals surface area contributed by atoms with Gasteiger partial charge in [0.15, 0.2) is 0 Å². The van der Waals surface area contributed by atoms with Crippen molar-refractivity contribution in [3.05, 3.63) is 0 Å². The van der Waals surface area contributed by atoms with E-state index in [2.05, 4.69) is 20.8 Å². The molecule has 0 bridgehead atoms. The number of hydrogen-bond acceptors (Lipinski definition) is 3. The molecular weight excluding hydrogens is 360 g/mol. The van der Waals surface area contributed by atoms with Gasteiger partial charge in [-0.1, -0.05) is 33.6 Å². The van der Waals surface area contributed by atoms with Crippen molar-refractivity contribution in [2.75, 3.05) is 6.61 Å². The molecule has 0 aromatic carbocycles. The van der Waals surface area contributed by atoms with Crippen molar-refractivity contribution in [2.45, 2.75) is 98.3 Å². The van der Waals surface area contributed by atoms with Gasteiger partial charge in [0.05, 0.1) is 6.61 Å². The van der Waals surface area contributed by atoms with E-state index in [-0.39, 0.29) is 11.4 Å². The number of carbonyl (C=O) groups is 2. The molecule has 0 unspecified atom stereocenters. The molecule has 0 saturated heterocycles. The second kappa shape index (κ2) is 8.00. The first-order valence-corrected chi connectivity index (χ1v) is 12.5. The van der Waals surface area contributed by atoms with Gasteiger partial charge < -0.3 is 4.74 Å². The van der Waals surface area contributed by atoms with Gasteiger partial charge in [0.1, 0.15) is 5.78 Å². The van der Waals surface area contributed by atoms with E-state index in [4.69, 9.17) is 4.74 Å². The molecule has 4 rings (SSSR count). The van der Waals surface area contributed by atoms with Crippen LogP contribution in [-0.2, 0) is 14.3 Å². The zero-order chi connectivity index (χ0) is 20.8. The van der Waals surface area contributed by atoms with Crippen molar-refractivity contribution in [1.82, 2.24) is 0 Å². The maximum absolute atomic E-state index is 13.7. The first-order valence-electron chi connectivity index (χ1n) is 12.5. The second-order valence-electron chi connectivity index (χ2n) is 11.3. The Balaban J connectivity index is 1.51. The third kappa shape index (κ3) is 3.39. The molecule has 4 aliphatic carbocycles. The molecule has 8 atom stereocenters. The van der Waals surface area contributed by atoms with Crippen LogP contribution in [0.3, 0.4) is 0 Å². The Morgan fingerprint density at radius 3 is 2.66 bits per heavy atom. The molecule has 4 fully saturated rings. The van der Waals surface area contributed by atoms with Gasteiger partial charge in [0.2, 0.25) is 0 Å². The third-order valence-corrected chi connectivity index (χ3v) is 10.3. The molecule has 29 heavy (non-hydrogen) atoms. The molecule has 0 aromatic rings. The predicted molar refractivity (Wildman–Crippen MR) is 115 cm³/mol. The average Bonchev–Trinajstić information content (AvgIpc) is 3.06. The fourth-order valence-corrected chi connectivity index (χ4v) is 8.72. The lowest BCUT2D eigenvalue weighted by Crippen LogP contribution is -2.56. The zero-order valence-electron chi connectivity index (χ0n) is 19.2. The largest absolute Gasteiger partial charge is 0.466 e. The average molecular weight is 403 g/mol. The van der Waals surface area contributed by atoms with Crippen molar-refractivity contribution in [3.8, 4) is 0 Å². The molecule has 0 amide bonds. The van der Waals surface area contributed by atoms with E-state index < -0.39 is 0 Å². The first kappa shape index (κ1) is 21.4. The third-order valence-electron chi connectivity index (χ3n) is 10.3. The number of Topliss-reactive ketones (excluding diaryl/α,β-unsaturated/α-hetero) is 1. The van der Waals surface area contributed by atoms with Crippen LogP contribution in [0.15, 0.2) is 0 Å². The SMILES string of the molecule is CCOC(=O)CC[C@H](C)[C@@H]1CC[C@@H]2[C@H]3CC[C@H]4CCCC[C@]4(C)[C@@H]3CC(=O)[C@@]21C. The summed E-state index contributed by atoms with van der Waals surface area (Å²) < 4.78 is 5.13. The Bertz CT molecular complexity index is 642. The summed E-state index contributed by atoms with van der Waals surface area (Å²) in [7, 11) is 0. The highest BCUT2D eigenvalue weighted by Crippen LogP contribution is 2.67. The van der Waals surface area contributed by atoms with Crippen molar-refractivity contribution in [1.29, 1.82) is 0 Å². The van der Waals surface area contributed by atoms with Crippen LogP contribution in [0.5, 0.6) is 0 Å². The highest BCUT2D eigenvalue weighted by atomic mass is 16.5. The van der Waals surface area contributed by atoms with Gasteiger partial charge in [0.25, 0.3) is 0 Å². The van der Waals surface area contributed by atoms with Gasteiger partial charge in [-0.3, -0.25) is 9.59 Å².